The molecule has 6 atom stereocenters. The summed E-state index contributed by atoms with van der Waals surface area (Å²) in [7, 11) is 0. The van der Waals surface area contributed by atoms with Gasteiger partial charge >= 0.3 is 11.9 Å². The number of fused-ring (bicyclic) bond motifs is 1. The molecular formula is C19H20O5. The van der Waals surface area contributed by atoms with E-state index in [0.29, 0.717) is 12.0 Å². The van der Waals surface area contributed by atoms with Gasteiger partial charge in [0.15, 0.2) is 6.10 Å². The van der Waals surface area contributed by atoms with E-state index in [4.69, 9.17) is 9.47 Å². The Balaban J connectivity index is 1.49. The first-order chi connectivity index (χ1) is 11.6. The summed E-state index contributed by atoms with van der Waals surface area (Å²) < 4.78 is 10.9. The number of benzene rings is 1. The third-order valence-corrected chi connectivity index (χ3v) is 5.74. The van der Waals surface area contributed by atoms with Gasteiger partial charge in [-0.3, -0.25) is 14.4 Å². The second-order valence-corrected chi connectivity index (χ2v) is 6.99. The quantitative estimate of drug-likeness (QED) is 0.613. The molecule has 1 saturated heterocycles. The van der Waals surface area contributed by atoms with Crippen LogP contribution in [0.25, 0.3) is 0 Å². The Hall–Kier alpha value is -2.17. The topological polar surface area (TPSA) is 69.7 Å². The third-order valence-electron chi connectivity index (χ3n) is 5.74. The van der Waals surface area contributed by atoms with Gasteiger partial charge < -0.3 is 9.47 Å². The first-order valence-electron chi connectivity index (χ1n) is 8.60. The first-order valence-corrected chi connectivity index (χ1v) is 8.60. The molecule has 126 valence electrons. The minimum atomic E-state index is -0.799. The lowest BCUT2D eigenvalue weighted by Gasteiger charge is -2.25. The molecule has 1 aromatic rings. The van der Waals surface area contributed by atoms with Crippen molar-refractivity contribution in [3.05, 3.63) is 35.9 Å². The van der Waals surface area contributed by atoms with E-state index in [1.807, 2.05) is 13.0 Å². The summed E-state index contributed by atoms with van der Waals surface area (Å²) in [6, 6.07) is 8.84. The van der Waals surface area contributed by atoms with Crippen LogP contribution in [0.3, 0.4) is 0 Å². The van der Waals surface area contributed by atoms with Crippen LogP contribution in [0.5, 0.6) is 0 Å². The Morgan fingerprint density at radius 1 is 1.25 bits per heavy atom. The molecule has 4 rings (SSSR count). The molecule has 0 amide bonds. The van der Waals surface area contributed by atoms with Crippen LogP contribution >= 0.6 is 0 Å². The highest BCUT2D eigenvalue weighted by Crippen LogP contribution is 2.58. The molecule has 0 unspecified atom stereocenters. The second-order valence-electron chi connectivity index (χ2n) is 6.99. The fraction of sp³-hybridized carbons (Fsp3) is 0.526. The van der Waals surface area contributed by atoms with E-state index >= 15 is 0 Å². The number of Topliss-reactive ketones (excluding diaryl/α,β-unsaturated/α-hetero) is 1. The van der Waals surface area contributed by atoms with E-state index in [1.54, 1.807) is 24.3 Å². The molecule has 1 aliphatic heterocycles. The maximum Gasteiger partial charge on any atom is 0.310 e. The van der Waals surface area contributed by atoms with Crippen LogP contribution in [-0.2, 0) is 19.1 Å². The summed E-state index contributed by atoms with van der Waals surface area (Å²) in [4.78, 5) is 37.3. The van der Waals surface area contributed by atoms with Crippen LogP contribution in [0.4, 0.5) is 0 Å². The minimum absolute atomic E-state index is 0.00975. The van der Waals surface area contributed by atoms with Crippen molar-refractivity contribution >= 4 is 17.7 Å². The average Bonchev–Trinajstić information content (AvgIpc) is 3.21. The van der Waals surface area contributed by atoms with Crippen molar-refractivity contribution in [3.63, 3.8) is 0 Å². The number of carbonyl (C=O) groups excluding carboxylic acids is 3. The van der Waals surface area contributed by atoms with Gasteiger partial charge in [0.1, 0.15) is 6.10 Å². The molecule has 0 N–H and O–H groups in total. The molecule has 2 bridgehead atoms. The lowest BCUT2D eigenvalue weighted by atomic mass is 9.80. The number of ether oxygens (including phenoxy) is 2. The Morgan fingerprint density at radius 2 is 2.00 bits per heavy atom. The zero-order valence-electron chi connectivity index (χ0n) is 13.5. The first kappa shape index (κ1) is 15.4. The SMILES string of the molecule is CC[C@H](OC(=O)[C@@H]1[C@@H]2C[C@H]3[C@@H]1C(=O)O[C@@H]3C2)C(=O)c1ccccc1. The standard InChI is InChI=1S/C19H20O5/c1-2-13(17(20)10-6-4-3-5-7-10)23-18(21)15-11-8-12-14(9-11)24-19(22)16(12)15/h3-7,11-16H,2,8-9H2,1H3/t11-,12-,13+,14-,15-,16+/m1/s1. The molecule has 24 heavy (non-hydrogen) atoms. The van der Waals surface area contributed by atoms with Crippen LogP contribution in [0.2, 0.25) is 0 Å². The fourth-order valence-electron chi connectivity index (χ4n) is 4.65. The molecule has 5 nitrogen and oxygen atoms in total. The molecule has 1 aromatic carbocycles. The molecule has 0 aromatic heterocycles. The van der Waals surface area contributed by atoms with Gasteiger partial charge in [-0.15, -0.1) is 0 Å². The van der Waals surface area contributed by atoms with Crippen molar-refractivity contribution in [2.45, 2.75) is 38.4 Å². The summed E-state index contributed by atoms with van der Waals surface area (Å²) in [5, 5.41) is 0. The fourth-order valence-corrected chi connectivity index (χ4v) is 4.65. The van der Waals surface area contributed by atoms with Gasteiger partial charge in [-0.2, -0.15) is 0 Å². The Morgan fingerprint density at radius 3 is 2.71 bits per heavy atom. The summed E-state index contributed by atoms with van der Waals surface area (Å²) in [6.45, 7) is 1.82. The zero-order valence-corrected chi connectivity index (χ0v) is 13.5. The second kappa shape index (κ2) is 5.72. The van der Waals surface area contributed by atoms with Crippen LogP contribution in [-0.4, -0.2) is 29.9 Å². The predicted molar refractivity (Wildman–Crippen MR) is 84.0 cm³/mol. The lowest BCUT2D eigenvalue weighted by Crippen LogP contribution is -2.37. The van der Waals surface area contributed by atoms with E-state index in [2.05, 4.69) is 0 Å². The molecule has 2 aliphatic carbocycles. The summed E-state index contributed by atoms with van der Waals surface area (Å²) in [6.07, 6.45) is 1.20. The van der Waals surface area contributed by atoms with Gasteiger partial charge in [-0.05, 0) is 25.2 Å². The smallest absolute Gasteiger partial charge is 0.310 e. The Kier molecular flexibility index (Phi) is 3.66. The molecule has 5 heteroatoms. The molecule has 3 aliphatic rings. The number of esters is 2. The van der Waals surface area contributed by atoms with Crippen LogP contribution in [0.15, 0.2) is 30.3 Å². The molecule has 2 saturated carbocycles. The number of hydrogen-bond donors (Lipinski definition) is 0. The highest BCUT2D eigenvalue weighted by Gasteiger charge is 2.64. The van der Waals surface area contributed by atoms with E-state index < -0.39 is 18.0 Å². The van der Waals surface area contributed by atoms with Gasteiger partial charge in [-0.1, -0.05) is 37.3 Å². The van der Waals surface area contributed by atoms with Crippen molar-refractivity contribution in [1.82, 2.24) is 0 Å². The number of carbonyl (C=O) groups is 3. The van der Waals surface area contributed by atoms with E-state index in [-0.39, 0.29) is 35.6 Å². The van der Waals surface area contributed by atoms with Gasteiger partial charge in [0, 0.05) is 11.5 Å². The number of ketones is 1. The van der Waals surface area contributed by atoms with Crippen molar-refractivity contribution < 1.29 is 23.9 Å². The van der Waals surface area contributed by atoms with Crippen molar-refractivity contribution in [1.29, 1.82) is 0 Å². The van der Waals surface area contributed by atoms with Gasteiger partial charge in [0.25, 0.3) is 0 Å². The molecule has 0 radical (unpaired) electrons. The highest BCUT2D eigenvalue weighted by molar-refractivity contribution is 6.00. The average molecular weight is 328 g/mol. The third kappa shape index (κ3) is 2.26. The van der Waals surface area contributed by atoms with Crippen LogP contribution in [0.1, 0.15) is 36.5 Å². The normalized spacial score (nSPS) is 34.0. The molecule has 0 spiro atoms. The maximum absolute atomic E-state index is 12.7. The number of rotatable bonds is 5. The lowest BCUT2D eigenvalue weighted by molar-refractivity contribution is -0.158. The van der Waals surface area contributed by atoms with E-state index in [0.717, 1.165) is 12.8 Å². The largest absolute Gasteiger partial charge is 0.462 e. The van der Waals surface area contributed by atoms with Crippen molar-refractivity contribution in [2.75, 3.05) is 0 Å². The van der Waals surface area contributed by atoms with Gasteiger partial charge in [-0.25, -0.2) is 0 Å². The predicted octanol–water partition coefficient (Wildman–Crippen LogP) is 2.39. The Labute approximate surface area is 140 Å². The van der Waals surface area contributed by atoms with Crippen LogP contribution in [0, 0.1) is 23.7 Å². The number of hydrogen-bond acceptors (Lipinski definition) is 5. The summed E-state index contributed by atoms with van der Waals surface area (Å²) in [5.74, 6) is -1.39. The maximum atomic E-state index is 12.7. The highest BCUT2D eigenvalue weighted by atomic mass is 16.6. The van der Waals surface area contributed by atoms with E-state index in [9.17, 15) is 14.4 Å². The molecule has 1 heterocycles. The van der Waals surface area contributed by atoms with Crippen molar-refractivity contribution in [3.8, 4) is 0 Å². The van der Waals surface area contributed by atoms with E-state index in [1.165, 1.54) is 0 Å². The Bertz CT molecular complexity index is 680. The van der Waals surface area contributed by atoms with Crippen molar-refractivity contribution in [2.24, 2.45) is 23.7 Å². The minimum Gasteiger partial charge on any atom is -0.462 e. The molecular weight excluding hydrogens is 308 g/mol. The summed E-state index contributed by atoms with van der Waals surface area (Å²) in [5.41, 5.74) is 0.533. The van der Waals surface area contributed by atoms with Gasteiger partial charge in [0.2, 0.25) is 5.78 Å². The monoisotopic (exact) mass is 328 g/mol. The summed E-state index contributed by atoms with van der Waals surface area (Å²) >= 11 is 0. The van der Waals surface area contributed by atoms with Crippen LogP contribution < -0.4 is 0 Å². The molecule has 3 fully saturated rings. The van der Waals surface area contributed by atoms with Gasteiger partial charge in [0.05, 0.1) is 11.8 Å². The zero-order chi connectivity index (χ0) is 16.8.